The highest BCUT2D eigenvalue weighted by atomic mass is 79.9. The summed E-state index contributed by atoms with van der Waals surface area (Å²) in [6, 6.07) is 12.6. The van der Waals surface area contributed by atoms with Crippen LogP contribution in [0.4, 0.5) is 4.39 Å². The SMILES string of the molecule is Cc1ccccc1C(CN)C(O)c1cccc(Br)c1F. The molecule has 2 unspecified atom stereocenters. The summed E-state index contributed by atoms with van der Waals surface area (Å²) >= 11 is 3.14. The quantitative estimate of drug-likeness (QED) is 0.893. The first-order valence-corrected chi connectivity index (χ1v) is 7.23. The van der Waals surface area contributed by atoms with Gasteiger partial charge in [0, 0.05) is 18.0 Å². The number of aliphatic hydroxyl groups excluding tert-OH is 1. The third-order valence-electron chi connectivity index (χ3n) is 3.52. The van der Waals surface area contributed by atoms with Crippen LogP contribution >= 0.6 is 15.9 Å². The largest absolute Gasteiger partial charge is 0.388 e. The Bertz CT molecular complexity index is 603. The summed E-state index contributed by atoms with van der Waals surface area (Å²) in [5.41, 5.74) is 8.05. The fourth-order valence-electron chi connectivity index (χ4n) is 2.39. The zero-order chi connectivity index (χ0) is 14.7. The van der Waals surface area contributed by atoms with Gasteiger partial charge in [-0.2, -0.15) is 0 Å². The number of nitrogens with two attached hydrogens (primary N) is 1. The molecule has 0 aliphatic heterocycles. The number of hydrogen-bond donors (Lipinski definition) is 2. The molecule has 0 bridgehead atoms. The molecule has 2 atom stereocenters. The molecule has 0 saturated heterocycles. The van der Waals surface area contributed by atoms with Crippen molar-refractivity contribution in [3.05, 3.63) is 69.4 Å². The van der Waals surface area contributed by atoms with Crippen molar-refractivity contribution < 1.29 is 9.50 Å². The average Bonchev–Trinajstić information content (AvgIpc) is 2.44. The van der Waals surface area contributed by atoms with Gasteiger partial charge in [-0.05, 0) is 40.0 Å². The second-order valence-electron chi connectivity index (χ2n) is 4.79. The normalized spacial score (nSPS) is 14.1. The standard InChI is InChI=1S/C16H17BrFNO/c1-10-5-2-3-6-11(10)13(9-19)16(20)12-7-4-8-14(17)15(12)18/h2-8,13,16,20H,9,19H2,1H3. The van der Waals surface area contributed by atoms with Crippen LogP contribution < -0.4 is 5.73 Å². The Morgan fingerprint density at radius 2 is 1.80 bits per heavy atom. The predicted molar refractivity (Wildman–Crippen MR) is 82.0 cm³/mol. The molecular weight excluding hydrogens is 321 g/mol. The Hall–Kier alpha value is -1.23. The summed E-state index contributed by atoms with van der Waals surface area (Å²) in [7, 11) is 0. The molecule has 4 heteroatoms. The minimum absolute atomic E-state index is 0.248. The lowest BCUT2D eigenvalue weighted by molar-refractivity contribution is 0.142. The summed E-state index contributed by atoms with van der Waals surface area (Å²) < 4.78 is 14.5. The molecule has 0 heterocycles. The highest BCUT2D eigenvalue weighted by Gasteiger charge is 2.25. The van der Waals surface area contributed by atoms with Crippen molar-refractivity contribution in [3.63, 3.8) is 0 Å². The topological polar surface area (TPSA) is 46.2 Å². The average molecular weight is 338 g/mol. The summed E-state index contributed by atoms with van der Waals surface area (Å²) in [5.74, 6) is -0.771. The van der Waals surface area contributed by atoms with Crippen LogP contribution in [0.3, 0.4) is 0 Å². The lowest BCUT2D eigenvalue weighted by Gasteiger charge is -2.24. The molecule has 0 saturated carbocycles. The van der Waals surface area contributed by atoms with E-state index in [1.54, 1.807) is 18.2 Å². The van der Waals surface area contributed by atoms with Crippen LogP contribution in [0, 0.1) is 12.7 Å². The number of benzene rings is 2. The van der Waals surface area contributed by atoms with Crippen LogP contribution in [0.2, 0.25) is 0 Å². The maximum Gasteiger partial charge on any atom is 0.143 e. The van der Waals surface area contributed by atoms with E-state index in [-0.39, 0.29) is 18.0 Å². The molecule has 0 aliphatic carbocycles. The van der Waals surface area contributed by atoms with Gasteiger partial charge in [0.2, 0.25) is 0 Å². The van der Waals surface area contributed by atoms with Gasteiger partial charge in [-0.3, -0.25) is 0 Å². The molecular formula is C16H17BrFNO. The molecule has 0 aromatic heterocycles. The van der Waals surface area contributed by atoms with E-state index in [0.717, 1.165) is 11.1 Å². The minimum Gasteiger partial charge on any atom is -0.388 e. The third-order valence-corrected chi connectivity index (χ3v) is 4.14. The van der Waals surface area contributed by atoms with Gasteiger partial charge >= 0.3 is 0 Å². The van der Waals surface area contributed by atoms with Crippen molar-refractivity contribution in [1.29, 1.82) is 0 Å². The van der Waals surface area contributed by atoms with Crippen LogP contribution in [-0.4, -0.2) is 11.7 Å². The Morgan fingerprint density at radius 3 is 2.45 bits per heavy atom. The third kappa shape index (κ3) is 2.92. The number of hydrogen-bond acceptors (Lipinski definition) is 2. The van der Waals surface area contributed by atoms with Crippen molar-refractivity contribution >= 4 is 15.9 Å². The molecule has 2 aromatic carbocycles. The van der Waals surface area contributed by atoms with Crippen LogP contribution in [0.1, 0.15) is 28.7 Å². The van der Waals surface area contributed by atoms with E-state index in [2.05, 4.69) is 15.9 Å². The molecule has 0 spiro atoms. The molecule has 20 heavy (non-hydrogen) atoms. The molecule has 0 radical (unpaired) electrons. The highest BCUT2D eigenvalue weighted by Crippen LogP contribution is 2.34. The first-order valence-electron chi connectivity index (χ1n) is 6.43. The van der Waals surface area contributed by atoms with E-state index in [0.29, 0.717) is 4.47 Å². The lowest BCUT2D eigenvalue weighted by atomic mass is 9.86. The van der Waals surface area contributed by atoms with Gasteiger partial charge in [0.05, 0.1) is 10.6 Å². The first kappa shape index (κ1) is 15.2. The molecule has 0 fully saturated rings. The Morgan fingerprint density at radius 1 is 1.15 bits per heavy atom. The van der Waals surface area contributed by atoms with Gasteiger partial charge < -0.3 is 10.8 Å². The van der Waals surface area contributed by atoms with Crippen molar-refractivity contribution in [1.82, 2.24) is 0 Å². The Balaban J connectivity index is 2.42. The maximum absolute atomic E-state index is 14.1. The number of aliphatic hydroxyl groups is 1. The maximum atomic E-state index is 14.1. The molecule has 106 valence electrons. The van der Waals surface area contributed by atoms with Gasteiger partial charge in [-0.25, -0.2) is 4.39 Å². The second-order valence-corrected chi connectivity index (χ2v) is 5.64. The fourth-order valence-corrected chi connectivity index (χ4v) is 2.78. The van der Waals surface area contributed by atoms with Crippen LogP contribution in [0.5, 0.6) is 0 Å². The summed E-state index contributed by atoms with van der Waals surface area (Å²) in [5, 5.41) is 10.5. The zero-order valence-corrected chi connectivity index (χ0v) is 12.8. The van der Waals surface area contributed by atoms with Crippen LogP contribution in [0.25, 0.3) is 0 Å². The Labute approximate surface area is 126 Å². The number of rotatable bonds is 4. The van der Waals surface area contributed by atoms with Crippen molar-refractivity contribution in [2.45, 2.75) is 18.9 Å². The molecule has 2 nitrogen and oxygen atoms in total. The number of halogens is 2. The summed E-state index contributed by atoms with van der Waals surface area (Å²) in [4.78, 5) is 0. The molecule has 3 N–H and O–H groups in total. The highest BCUT2D eigenvalue weighted by molar-refractivity contribution is 9.10. The van der Waals surface area contributed by atoms with Crippen molar-refractivity contribution in [2.75, 3.05) is 6.54 Å². The van der Waals surface area contributed by atoms with E-state index in [1.807, 2.05) is 31.2 Å². The van der Waals surface area contributed by atoms with E-state index in [9.17, 15) is 9.50 Å². The smallest absolute Gasteiger partial charge is 0.143 e. The number of aryl methyl sites for hydroxylation is 1. The van der Waals surface area contributed by atoms with E-state index < -0.39 is 11.9 Å². The second kappa shape index (κ2) is 6.48. The van der Waals surface area contributed by atoms with Crippen LogP contribution in [0.15, 0.2) is 46.9 Å². The van der Waals surface area contributed by atoms with Gasteiger partial charge in [-0.15, -0.1) is 0 Å². The van der Waals surface area contributed by atoms with E-state index in [1.165, 1.54) is 0 Å². The fraction of sp³-hybridized carbons (Fsp3) is 0.250. The zero-order valence-electron chi connectivity index (χ0n) is 11.2. The van der Waals surface area contributed by atoms with Gasteiger partial charge in [0.1, 0.15) is 5.82 Å². The monoisotopic (exact) mass is 337 g/mol. The first-order chi connectivity index (χ1) is 9.56. The molecule has 0 amide bonds. The molecule has 0 aliphatic rings. The van der Waals surface area contributed by atoms with Crippen molar-refractivity contribution in [2.24, 2.45) is 5.73 Å². The van der Waals surface area contributed by atoms with Crippen LogP contribution in [-0.2, 0) is 0 Å². The Kier molecular flexibility index (Phi) is 4.91. The van der Waals surface area contributed by atoms with Gasteiger partial charge in [-0.1, -0.05) is 36.4 Å². The van der Waals surface area contributed by atoms with Gasteiger partial charge in [0.15, 0.2) is 0 Å². The van der Waals surface area contributed by atoms with Gasteiger partial charge in [0.25, 0.3) is 0 Å². The summed E-state index contributed by atoms with van der Waals surface area (Å²) in [6.45, 7) is 2.21. The molecule has 2 rings (SSSR count). The van der Waals surface area contributed by atoms with Crippen molar-refractivity contribution in [3.8, 4) is 0 Å². The minimum atomic E-state index is -0.974. The summed E-state index contributed by atoms with van der Waals surface area (Å²) in [6.07, 6.45) is -0.974. The lowest BCUT2D eigenvalue weighted by Crippen LogP contribution is -2.21. The predicted octanol–water partition coefficient (Wildman–Crippen LogP) is 3.67. The van der Waals surface area contributed by atoms with E-state index in [4.69, 9.17) is 5.73 Å². The van der Waals surface area contributed by atoms with E-state index >= 15 is 0 Å². The molecule has 2 aromatic rings.